The molecule has 0 radical (unpaired) electrons. The minimum atomic E-state index is -0.832. The summed E-state index contributed by atoms with van der Waals surface area (Å²) in [5, 5.41) is 20.4. The van der Waals surface area contributed by atoms with Crippen molar-refractivity contribution in [2.24, 2.45) is 5.92 Å². The summed E-state index contributed by atoms with van der Waals surface area (Å²) < 4.78 is 0. The Morgan fingerprint density at radius 1 is 1.41 bits per heavy atom. The standard InChI is InChI=1S/C11H20N2O4/c1-12-9(11(16)17)6-8-2-4-13(5-3-8)10(15)7-14/h8-9,12,14H,2-7H2,1H3,(H,16,17). The fourth-order valence-electron chi connectivity index (χ4n) is 2.19. The van der Waals surface area contributed by atoms with E-state index in [-0.39, 0.29) is 5.91 Å². The fraction of sp³-hybridized carbons (Fsp3) is 0.818. The lowest BCUT2D eigenvalue weighted by molar-refractivity contribution is -0.140. The molecular formula is C11H20N2O4. The summed E-state index contributed by atoms with van der Waals surface area (Å²) in [6, 6.07) is -0.514. The van der Waals surface area contributed by atoms with Crippen LogP contribution in [0, 0.1) is 5.92 Å². The lowest BCUT2D eigenvalue weighted by Gasteiger charge is -2.32. The molecule has 1 rings (SSSR count). The maximum Gasteiger partial charge on any atom is 0.320 e. The molecule has 1 fully saturated rings. The number of carboxylic acids is 1. The van der Waals surface area contributed by atoms with Gasteiger partial charge < -0.3 is 20.4 Å². The van der Waals surface area contributed by atoms with Gasteiger partial charge in [0.25, 0.3) is 0 Å². The van der Waals surface area contributed by atoms with Gasteiger partial charge in [0.05, 0.1) is 0 Å². The molecule has 0 bridgehead atoms. The number of aliphatic carboxylic acids is 1. The highest BCUT2D eigenvalue weighted by Crippen LogP contribution is 2.22. The number of likely N-dealkylation sites (N-methyl/N-ethyl adjacent to an activating group) is 1. The van der Waals surface area contributed by atoms with Crippen molar-refractivity contribution in [3.63, 3.8) is 0 Å². The summed E-state index contributed by atoms with van der Waals surface area (Å²) in [5.74, 6) is -0.750. The lowest BCUT2D eigenvalue weighted by atomic mass is 9.90. The second kappa shape index (κ2) is 6.56. The fourth-order valence-corrected chi connectivity index (χ4v) is 2.19. The largest absolute Gasteiger partial charge is 0.480 e. The van der Waals surface area contributed by atoms with E-state index in [1.165, 1.54) is 0 Å². The van der Waals surface area contributed by atoms with E-state index in [0.29, 0.717) is 25.4 Å². The Bertz CT molecular complexity index is 275. The van der Waals surface area contributed by atoms with Gasteiger partial charge in [-0.2, -0.15) is 0 Å². The first-order valence-electron chi connectivity index (χ1n) is 5.87. The van der Waals surface area contributed by atoms with Crippen LogP contribution >= 0.6 is 0 Å². The molecule has 0 spiro atoms. The third-order valence-electron chi connectivity index (χ3n) is 3.32. The molecule has 0 aromatic carbocycles. The van der Waals surface area contributed by atoms with Crippen molar-refractivity contribution in [1.82, 2.24) is 10.2 Å². The Kier molecular flexibility index (Phi) is 5.37. The maximum atomic E-state index is 11.2. The Labute approximate surface area is 101 Å². The zero-order chi connectivity index (χ0) is 12.8. The van der Waals surface area contributed by atoms with Crippen LogP contribution in [0.2, 0.25) is 0 Å². The Morgan fingerprint density at radius 2 is 2.00 bits per heavy atom. The van der Waals surface area contributed by atoms with Crippen LogP contribution in [-0.4, -0.2) is 59.8 Å². The summed E-state index contributed by atoms with van der Waals surface area (Å²) in [5.41, 5.74) is 0. The van der Waals surface area contributed by atoms with Crippen molar-refractivity contribution < 1.29 is 19.8 Å². The second-order valence-corrected chi connectivity index (χ2v) is 4.40. The molecule has 0 aromatic heterocycles. The van der Waals surface area contributed by atoms with Crippen LogP contribution in [0.25, 0.3) is 0 Å². The third-order valence-corrected chi connectivity index (χ3v) is 3.32. The normalized spacial score (nSPS) is 19.1. The number of carbonyl (C=O) groups excluding carboxylic acids is 1. The first-order valence-corrected chi connectivity index (χ1v) is 5.87. The van der Waals surface area contributed by atoms with Crippen molar-refractivity contribution in [1.29, 1.82) is 0 Å². The van der Waals surface area contributed by atoms with E-state index in [2.05, 4.69) is 5.32 Å². The summed E-state index contributed by atoms with van der Waals surface area (Å²) in [7, 11) is 1.64. The highest BCUT2D eigenvalue weighted by molar-refractivity contribution is 5.77. The van der Waals surface area contributed by atoms with Gasteiger partial charge in [0.2, 0.25) is 5.91 Å². The molecule has 0 aromatic rings. The van der Waals surface area contributed by atoms with Gasteiger partial charge in [0.1, 0.15) is 12.6 Å². The van der Waals surface area contributed by atoms with Gasteiger partial charge in [0, 0.05) is 13.1 Å². The molecule has 1 aliphatic rings. The molecule has 1 atom stereocenters. The minimum absolute atomic E-state index is 0.244. The zero-order valence-electron chi connectivity index (χ0n) is 10.1. The van der Waals surface area contributed by atoms with Crippen LogP contribution in [-0.2, 0) is 9.59 Å². The predicted molar refractivity (Wildman–Crippen MR) is 61.5 cm³/mol. The number of carboxylic acid groups (broad SMARTS) is 1. The first kappa shape index (κ1) is 13.9. The number of aliphatic hydroxyl groups excluding tert-OH is 1. The molecule has 1 saturated heterocycles. The van der Waals surface area contributed by atoms with Crippen molar-refractivity contribution in [2.75, 3.05) is 26.7 Å². The third kappa shape index (κ3) is 3.98. The Hall–Kier alpha value is -1.14. The number of hydrogen-bond donors (Lipinski definition) is 3. The number of aliphatic hydroxyl groups is 1. The molecule has 98 valence electrons. The molecule has 0 saturated carbocycles. The molecule has 6 nitrogen and oxygen atoms in total. The molecule has 3 N–H and O–H groups in total. The van der Waals surface area contributed by atoms with Crippen LogP contribution in [0.1, 0.15) is 19.3 Å². The van der Waals surface area contributed by atoms with E-state index < -0.39 is 18.6 Å². The summed E-state index contributed by atoms with van der Waals surface area (Å²) in [6.45, 7) is 0.777. The number of hydrogen-bond acceptors (Lipinski definition) is 4. The molecule has 1 heterocycles. The number of rotatable bonds is 5. The molecule has 0 aliphatic carbocycles. The molecular weight excluding hydrogens is 224 g/mol. The summed E-state index contributed by atoms with van der Waals surface area (Å²) in [6.07, 6.45) is 2.20. The minimum Gasteiger partial charge on any atom is -0.480 e. The second-order valence-electron chi connectivity index (χ2n) is 4.40. The maximum absolute atomic E-state index is 11.2. The smallest absolute Gasteiger partial charge is 0.320 e. The molecule has 1 unspecified atom stereocenters. The summed E-state index contributed by atoms with van der Waals surface area (Å²) in [4.78, 5) is 23.7. The van der Waals surface area contributed by atoms with E-state index in [1.807, 2.05) is 0 Å². The number of carbonyl (C=O) groups is 2. The first-order chi connectivity index (χ1) is 8.08. The van der Waals surface area contributed by atoms with Crippen LogP contribution < -0.4 is 5.32 Å². The lowest BCUT2D eigenvalue weighted by Crippen LogP contribution is -2.42. The van der Waals surface area contributed by atoms with Gasteiger partial charge in [0.15, 0.2) is 0 Å². The van der Waals surface area contributed by atoms with Crippen molar-refractivity contribution in [3.8, 4) is 0 Å². The van der Waals surface area contributed by atoms with E-state index in [4.69, 9.17) is 10.2 Å². The number of likely N-dealkylation sites (tertiary alicyclic amines) is 1. The number of nitrogens with zero attached hydrogens (tertiary/aromatic N) is 1. The molecule has 17 heavy (non-hydrogen) atoms. The number of nitrogens with one attached hydrogen (secondary N) is 1. The highest BCUT2D eigenvalue weighted by atomic mass is 16.4. The van der Waals surface area contributed by atoms with E-state index >= 15 is 0 Å². The van der Waals surface area contributed by atoms with E-state index in [9.17, 15) is 9.59 Å². The Balaban J connectivity index is 2.36. The van der Waals surface area contributed by atoms with Gasteiger partial charge in [-0.3, -0.25) is 9.59 Å². The average molecular weight is 244 g/mol. The number of amides is 1. The van der Waals surface area contributed by atoms with Crippen molar-refractivity contribution in [2.45, 2.75) is 25.3 Å². The van der Waals surface area contributed by atoms with Crippen LogP contribution in [0.15, 0.2) is 0 Å². The van der Waals surface area contributed by atoms with Crippen LogP contribution in [0.3, 0.4) is 0 Å². The van der Waals surface area contributed by atoms with Gasteiger partial charge >= 0.3 is 5.97 Å². The van der Waals surface area contributed by atoms with E-state index in [1.54, 1.807) is 11.9 Å². The van der Waals surface area contributed by atoms with E-state index in [0.717, 1.165) is 12.8 Å². The Morgan fingerprint density at radius 3 is 2.41 bits per heavy atom. The topological polar surface area (TPSA) is 89.9 Å². The number of piperidine rings is 1. The monoisotopic (exact) mass is 244 g/mol. The van der Waals surface area contributed by atoms with Gasteiger partial charge in [-0.1, -0.05) is 0 Å². The average Bonchev–Trinajstić information content (AvgIpc) is 2.35. The molecule has 1 amide bonds. The summed E-state index contributed by atoms with van der Waals surface area (Å²) >= 11 is 0. The predicted octanol–water partition coefficient (Wildman–Crippen LogP) is -0.720. The van der Waals surface area contributed by atoms with Crippen LogP contribution in [0.5, 0.6) is 0 Å². The van der Waals surface area contributed by atoms with Crippen molar-refractivity contribution in [3.05, 3.63) is 0 Å². The van der Waals surface area contributed by atoms with Crippen LogP contribution in [0.4, 0.5) is 0 Å². The quantitative estimate of drug-likeness (QED) is 0.594. The zero-order valence-corrected chi connectivity index (χ0v) is 10.1. The SMILES string of the molecule is CNC(CC1CCN(C(=O)CO)CC1)C(=O)O. The molecule has 6 heteroatoms. The van der Waals surface area contributed by atoms with Gasteiger partial charge in [-0.15, -0.1) is 0 Å². The van der Waals surface area contributed by atoms with Gasteiger partial charge in [-0.05, 0) is 32.2 Å². The van der Waals surface area contributed by atoms with Crippen molar-refractivity contribution >= 4 is 11.9 Å². The van der Waals surface area contributed by atoms with Gasteiger partial charge in [-0.25, -0.2) is 0 Å². The molecule has 1 aliphatic heterocycles. The highest BCUT2D eigenvalue weighted by Gasteiger charge is 2.26.